The second-order valence-electron chi connectivity index (χ2n) is 7.00. The Morgan fingerprint density at radius 3 is 1.93 bits per heavy atom. The first kappa shape index (κ1) is 19.7. The first-order valence-electron chi connectivity index (χ1n) is 9.75. The van der Waals surface area contributed by atoms with Gasteiger partial charge in [0.25, 0.3) is 5.91 Å². The van der Waals surface area contributed by atoms with Gasteiger partial charge >= 0.3 is 0 Å². The Morgan fingerprint density at radius 2 is 1.43 bits per heavy atom. The Labute approximate surface area is 167 Å². The molecule has 1 unspecified atom stereocenters. The van der Waals surface area contributed by atoms with Crippen LogP contribution in [0.1, 0.15) is 30.0 Å². The molecule has 28 heavy (non-hydrogen) atoms. The van der Waals surface area contributed by atoms with Crippen LogP contribution >= 0.6 is 0 Å². The maximum absolute atomic E-state index is 13.4. The van der Waals surface area contributed by atoms with E-state index in [1.54, 1.807) is 0 Å². The van der Waals surface area contributed by atoms with Crippen molar-refractivity contribution in [2.24, 2.45) is 0 Å². The van der Waals surface area contributed by atoms with Crippen LogP contribution < -0.4 is 4.74 Å². The fraction of sp³-hybridized carbons (Fsp3) is 0.240. The number of nitrogens with zero attached hydrogens (tertiary/aromatic N) is 1. The van der Waals surface area contributed by atoms with Crippen LogP contribution in [0.3, 0.4) is 0 Å². The van der Waals surface area contributed by atoms with E-state index in [-0.39, 0.29) is 5.91 Å². The SMILES string of the molecule is CCC(Oc1cccc(C)c1)C(=O)N(Cc1ccccc1)Cc1ccccc1. The summed E-state index contributed by atoms with van der Waals surface area (Å²) in [6.07, 6.45) is 0.113. The zero-order valence-electron chi connectivity index (χ0n) is 16.5. The van der Waals surface area contributed by atoms with Gasteiger partial charge in [0.15, 0.2) is 6.10 Å². The quantitative estimate of drug-likeness (QED) is 0.530. The highest BCUT2D eigenvalue weighted by Crippen LogP contribution is 2.19. The maximum atomic E-state index is 13.4. The van der Waals surface area contributed by atoms with Gasteiger partial charge in [-0.1, -0.05) is 79.7 Å². The average molecular weight is 373 g/mol. The summed E-state index contributed by atoms with van der Waals surface area (Å²) in [6, 6.07) is 28.0. The van der Waals surface area contributed by atoms with Crippen molar-refractivity contribution >= 4 is 5.91 Å². The summed E-state index contributed by atoms with van der Waals surface area (Å²) < 4.78 is 6.07. The first-order valence-corrected chi connectivity index (χ1v) is 9.75. The number of ether oxygens (including phenoxy) is 1. The second kappa shape index (κ2) is 9.75. The lowest BCUT2D eigenvalue weighted by Gasteiger charge is -2.28. The molecular weight excluding hydrogens is 346 g/mol. The molecule has 0 aromatic heterocycles. The van der Waals surface area contributed by atoms with Crippen LogP contribution in [0.2, 0.25) is 0 Å². The molecule has 0 heterocycles. The van der Waals surface area contributed by atoms with E-state index in [0.29, 0.717) is 19.5 Å². The van der Waals surface area contributed by atoms with Crippen molar-refractivity contribution in [1.29, 1.82) is 0 Å². The predicted molar refractivity (Wildman–Crippen MR) is 113 cm³/mol. The molecule has 0 aliphatic carbocycles. The molecule has 0 aliphatic heterocycles. The molecule has 1 atom stereocenters. The molecule has 3 heteroatoms. The number of carbonyl (C=O) groups excluding carboxylic acids is 1. The standard InChI is InChI=1S/C25H27NO2/c1-3-24(28-23-16-10-11-20(2)17-23)25(27)26(18-21-12-6-4-7-13-21)19-22-14-8-5-9-15-22/h4-17,24H,3,18-19H2,1-2H3. The van der Waals surface area contributed by atoms with Gasteiger partial charge in [0.2, 0.25) is 0 Å². The van der Waals surface area contributed by atoms with E-state index < -0.39 is 6.10 Å². The minimum Gasteiger partial charge on any atom is -0.481 e. The molecule has 144 valence electrons. The van der Waals surface area contributed by atoms with E-state index in [1.165, 1.54) is 0 Å². The van der Waals surface area contributed by atoms with Crippen molar-refractivity contribution in [1.82, 2.24) is 4.90 Å². The highest BCUT2D eigenvalue weighted by atomic mass is 16.5. The summed E-state index contributed by atoms with van der Waals surface area (Å²) in [5.41, 5.74) is 3.33. The zero-order valence-corrected chi connectivity index (χ0v) is 16.5. The van der Waals surface area contributed by atoms with E-state index in [1.807, 2.05) is 104 Å². The van der Waals surface area contributed by atoms with Crippen LogP contribution in [0.15, 0.2) is 84.9 Å². The van der Waals surface area contributed by atoms with Crippen molar-refractivity contribution in [3.63, 3.8) is 0 Å². The van der Waals surface area contributed by atoms with E-state index in [9.17, 15) is 4.79 Å². The Hall–Kier alpha value is -3.07. The van der Waals surface area contributed by atoms with Crippen LogP contribution in [0.25, 0.3) is 0 Å². The van der Waals surface area contributed by atoms with Gasteiger partial charge in [0.1, 0.15) is 5.75 Å². The summed E-state index contributed by atoms with van der Waals surface area (Å²) in [5, 5.41) is 0. The van der Waals surface area contributed by atoms with Gasteiger partial charge in [-0.15, -0.1) is 0 Å². The summed E-state index contributed by atoms with van der Waals surface area (Å²) in [5.74, 6) is 0.747. The highest BCUT2D eigenvalue weighted by Gasteiger charge is 2.25. The smallest absolute Gasteiger partial charge is 0.264 e. The fourth-order valence-electron chi connectivity index (χ4n) is 3.18. The molecule has 0 radical (unpaired) electrons. The molecule has 0 N–H and O–H groups in total. The van der Waals surface area contributed by atoms with Gasteiger partial charge in [-0.2, -0.15) is 0 Å². The van der Waals surface area contributed by atoms with Gasteiger partial charge in [0, 0.05) is 13.1 Å². The third-order valence-corrected chi connectivity index (χ3v) is 4.66. The molecule has 1 amide bonds. The number of amides is 1. The lowest BCUT2D eigenvalue weighted by molar-refractivity contribution is -0.140. The molecule has 0 aliphatic rings. The van der Waals surface area contributed by atoms with Gasteiger partial charge in [-0.25, -0.2) is 0 Å². The van der Waals surface area contributed by atoms with Crippen LogP contribution in [0.5, 0.6) is 5.75 Å². The number of aryl methyl sites for hydroxylation is 1. The van der Waals surface area contributed by atoms with Gasteiger partial charge < -0.3 is 9.64 Å². The minimum atomic E-state index is -0.505. The summed E-state index contributed by atoms with van der Waals surface area (Å²) in [6.45, 7) is 5.12. The summed E-state index contributed by atoms with van der Waals surface area (Å²) >= 11 is 0. The topological polar surface area (TPSA) is 29.5 Å². The fourth-order valence-corrected chi connectivity index (χ4v) is 3.18. The predicted octanol–water partition coefficient (Wildman–Crippen LogP) is 5.38. The monoisotopic (exact) mass is 373 g/mol. The van der Waals surface area contributed by atoms with Gasteiger partial charge in [0.05, 0.1) is 0 Å². The lowest BCUT2D eigenvalue weighted by Crippen LogP contribution is -2.41. The second-order valence-corrected chi connectivity index (χ2v) is 7.00. The Bertz CT molecular complexity index is 836. The van der Waals surface area contributed by atoms with E-state index in [4.69, 9.17) is 4.74 Å². The normalized spacial score (nSPS) is 11.6. The largest absolute Gasteiger partial charge is 0.481 e. The van der Waals surface area contributed by atoms with Crippen molar-refractivity contribution in [2.75, 3.05) is 0 Å². The van der Waals surface area contributed by atoms with Crippen LogP contribution in [-0.4, -0.2) is 16.9 Å². The van der Waals surface area contributed by atoms with Crippen LogP contribution in [0.4, 0.5) is 0 Å². The van der Waals surface area contributed by atoms with Crippen molar-refractivity contribution < 1.29 is 9.53 Å². The van der Waals surface area contributed by atoms with Gasteiger partial charge in [-0.05, 0) is 42.2 Å². The zero-order chi connectivity index (χ0) is 19.8. The summed E-state index contributed by atoms with van der Waals surface area (Å²) in [7, 11) is 0. The van der Waals surface area contributed by atoms with Crippen molar-refractivity contribution in [2.45, 2.75) is 39.5 Å². The molecule has 3 aromatic rings. The molecule has 0 saturated heterocycles. The average Bonchev–Trinajstić information content (AvgIpc) is 2.72. The minimum absolute atomic E-state index is 0.0108. The van der Waals surface area contributed by atoms with E-state index in [0.717, 1.165) is 22.4 Å². The Kier molecular flexibility index (Phi) is 6.85. The molecule has 0 fully saturated rings. The highest BCUT2D eigenvalue weighted by molar-refractivity contribution is 5.81. The number of benzene rings is 3. The van der Waals surface area contributed by atoms with Crippen LogP contribution in [-0.2, 0) is 17.9 Å². The molecule has 0 bridgehead atoms. The lowest BCUT2D eigenvalue weighted by atomic mass is 10.1. The molecule has 0 spiro atoms. The van der Waals surface area contributed by atoms with Crippen molar-refractivity contribution in [3.8, 4) is 5.75 Å². The molecule has 0 saturated carbocycles. The summed E-state index contributed by atoms with van der Waals surface area (Å²) in [4.78, 5) is 15.3. The molecule has 3 nitrogen and oxygen atoms in total. The Morgan fingerprint density at radius 1 is 0.857 bits per heavy atom. The number of rotatable bonds is 8. The molecule has 3 rings (SSSR count). The maximum Gasteiger partial charge on any atom is 0.264 e. The van der Waals surface area contributed by atoms with Crippen LogP contribution in [0, 0.1) is 6.92 Å². The van der Waals surface area contributed by atoms with Crippen molar-refractivity contribution in [3.05, 3.63) is 102 Å². The van der Waals surface area contributed by atoms with Gasteiger partial charge in [-0.3, -0.25) is 4.79 Å². The third kappa shape index (κ3) is 5.46. The third-order valence-electron chi connectivity index (χ3n) is 4.66. The molecule has 3 aromatic carbocycles. The van der Waals surface area contributed by atoms with E-state index in [2.05, 4.69) is 0 Å². The first-order chi connectivity index (χ1) is 13.7. The molecular formula is C25H27NO2. The number of hydrogen-bond donors (Lipinski definition) is 0. The van der Waals surface area contributed by atoms with E-state index >= 15 is 0 Å². The Balaban J connectivity index is 1.80. The number of hydrogen-bond acceptors (Lipinski definition) is 2. The number of carbonyl (C=O) groups is 1.